The van der Waals surface area contributed by atoms with E-state index in [1.807, 2.05) is 86.6 Å². The molecule has 0 saturated carbocycles. The first-order valence-electron chi connectivity index (χ1n) is 10.5. The summed E-state index contributed by atoms with van der Waals surface area (Å²) in [5, 5.41) is 18.9. The minimum absolute atomic E-state index is 0.310. The number of pyridine rings is 1. The number of nitrogens with zero attached hydrogens (tertiary/aromatic N) is 5. The summed E-state index contributed by atoms with van der Waals surface area (Å²) in [6.45, 7) is 4.05. The Bertz CT molecular complexity index is 1460. The maximum atomic E-state index is 12.5. The van der Waals surface area contributed by atoms with Crippen LogP contribution in [0.3, 0.4) is 0 Å². The van der Waals surface area contributed by atoms with Crippen molar-refractivity contribution < 1.29 is 4.79 Å². The molecule has 8 nitrogen and oxygen atoms in total. The van der Waals surface area contributed by atoms with Crippen molar-refractivity contribution in [1.29, 1.82) is 0 Å². The predicted molar refractivity (Wildman–Crippen MR) is 128 cm³/mol. The van der Waals surface area contributed by atoms with E-state index in [9.17, 15) is 4.79 Å². The van der Waals surface area contributed by atoms with Crippen LogP contribution in [0, 0.1) is 13.8 Å². The summed E-state index contributed by atoms with van der Waals surface area (Å²) in [4.78, 5) is 16.8. The molecular formula is C25H21N7O. The lowest BCUT2D eigenvalue weighted by molar-refractivity contribution is 0.262. The maximum absolute atomic E-state index is 12.5. The number of urea groups is 1. The van der Waals surface area contributed by atoms with Crippen molar-refractivity contribution in [2.24, 2.45) is 0 Å². The average Bonchev–Trinajstić information content (AvgIpc) is 3.25. The lowest BCUT2D eigenvalue weighted by atomic mass is 10.1. The van der Waals surface area contributed by atoms with Gasteiger partial charge in [0.25, 0.3) is 0 Å². The second-order valence-electron chi connectivity index (χ2n) is 7.69. The molecule has 5 aromatic rings. The second-order valence-corrected chi connectivity index (χ2v) is 7.69. The van der Waals surface area contributed by atoms with Crippen molar-refractivity contribution in [3.63, 3.8) is 0 Å². The summed E-state index contributed by atoms with van der Waals surface area (Å²) in [7, 11) is 0. The van der Waals surface area contributed by atoms with Gasteiger partial charge in [0.15, 0.2) is 5.65 Å². The van der Waals surface area contributed by atoms with E-state index in [1.54, 1.807) is 10.7 Å². The van der Waals surface area contributed by atoms with Crippen LogP contribution in [0.1, 0.15) is 11.1 Å². The number of fused-ring (bicyclic) bond motifs is 1. The number of anilines is 2. The molecule has 0 spiro atoms. The van der Waals surface area contributed by atoms with E-state index in [2.05, 4.69) is 25.8 Å². The molecule has 0 saturated heterocycles. The highest BCUT2D eigenvalue weighted by Gasteiger charge is 2.12. The molecule has 0 fully saturated rings. The van der Waals surface area contributed by atoms with E-state index < -0.39 is 0 Å². The molecule has 2 aromatic carbocycles. The number of nitrogens with one attached hydrogen (secondary N) is 2. The Morgan fingerprint density at radius 2 is 1.64 bits per heavy atom. The van der Waals surface area contributed by atoms with Gasteiger partial charge in [-0.15, -0.1) is 10.2 Å². The fourth-order valence-corrected chi connectivity index (χ4v) is 3.47. The van der Waals surface area contributed by atoms with Crippen molar-refractivity contribution in [1.82, 2.24) is 24.8 Å². The monoisotopic (exact) mass is 435 g/mol. The van der Waals surface area contributed by atoms with Gasteiger partial charge in [-0.05, 0) is 73.5 Å². The Morgan fingerprint density at radius 3 is 2.42 bits per heavy atom. The van der Waals surface area contributed by atoms with Gasteiger partial charge >= 0.3 is 6.03 Å². The average molecular weight is 435 g/mol. The van der Waals surface area contributed by atoms with Crippen molar-refractivity contribution in [2.75, 3.05) is 10.6 Å². The van der Waals surface area contributed by atoms with Crippen LogP contribution in [0.5, 0.6) is 0 Å². The Morgan fingerprint density at radius 1 is 0.788 bits per heavy atom. The number of hydrogen-bond acceptors (Lipinski definition) is 5. The third-order valence-electron chi connectivity index (χ3n) is 5.34. The molecule has 0 bridgehead atoms. The first kappa shape index (κ1) is 20.3. The number of aromatic nitrogens is 5. The Hall–Kier alpha value is -4.59. The van der Waals surface area contributed by atoms with Gasteiger partial charge in [0.1, 0.15) is 5.69 Å². The van der Waals surface area contributed by atoms with E-state index >= 15 is 0 Å². The minimum Gasteiger partial charge on any atom is -0.308 e. The summed E-state index contributed by atoms with van der Waals surface area (Å²) in [6, 6.07) is 22.4. The smallest absolute Gasteiger partial charge is 0.308 e. The quantitative estimate of drug-likeness (QED) is 0.409. The highest BCUT2D eigenvalue weighted by molar-refractivity contribution is 6.00. The molecule has 0 aliphatic carbocycles. The van der Waals surface area contributed by atoms with Gasteiger partial charge in [0.2, 0.25) is 5.82 Å². The summed E-state index contributed by atoms with van der Waals surface area (Å²) in [5.74, 6) is 0.564. The summed E-state index contributed by atoms with van der Waals surface area (Å²) >= 11 is 0. The second kappa shape index (κ2) is 8.51. The van der Waals surface area contributed by atoms with Crippen molar-refractivity contribution in [3.05, 3.63) is 90.1 Å². The highest BCUT2D eigenvalue weighted by atomic mass is 16.2. The molecule has 2 N–H and O–H groups in total. The third-order valence-corrected chi connectivity index (χ3v) is 5.34. The van der Waals surface area contributed by atoms with Crippen LogP contribution in [0.15, 0.2) is 79.0 Å². The van der Waals surface area contributed by atoms with Gasteiger partial charge in [-0.2, -0.15) is 9.61 Å². The number of hydrogen-bond donors (Lipinski definition) is 2. The van der Waals surface area contributed by atoms with Gasteiger partial charge in [0.05, 0.1) is 5.69 Å². The fraction of sp³-hybridized carbons (Fsp3) is 0.0800. The number of carbonyl (C=O) groups is 1. The van der Waals surface area contributed by atoms with Gasteiger partial charge < -0.3 is 10.6 Å². The first-order chi connectivity index (χ1) is 16.1. The van der Waals surface area contributed by atoms with E-state index in [0.29, 0.717) is 22.9 Å². The normalized spacial score (nSPS) is 10.8. The van der Waals surface area contributed by atoms with E-state index in [4.69, 9.17) is 5.10 Å². The van der Waals surface area contributed by atoms with Crippen LogP contribution in [0.4, 0.5) is 16.2 Å². The Kier molecular flexibility index (Phi) is 5.24. The molecule has 162 valence electrons. The molecule has 0 unspecified atom stereocenters. The highest BCUT2D eigenvalue weighted by Crippen LogP contribution is 2.23. The third kappa shape index (κ3) is 4.27. The molecule has 0 atom stereocenters. The summed E-state index contributed by atoms with van der Waals surface area (Å²) in [6.07, 6.45) is 1.71. The zero-order valence-electron chi connectivity index (χ0n) is 18.1. The van der Waals surface area contributed by atoms with Crippen LogP contribution in [0.25, 0.3) is 28.4 Å². The molecule has 5 rings (SSSR count). The molecule has 8 heteroatoms. The first-order valence-corrected chi connectivity index (χ1v) is 10.5. The Balaban J connectivity index is 1.39. The SMILES string of the molecule is Cc1ccc(NC(=O)Nc2cccc(-c3ccc4nnc(-c5ccccn5)n4n3)c2)cc1C. The fourth-order valence-electron chi connectivity index (χ4n) is 3.47. The minimum atomic E-state index is -0.310. The molecular weight excluding hydrogens is 414 g/mol. The van der Waals surface area contributed by atoms with Crippen LogP contribution >= 0.6 is 0 Å². The van der Waals surface area contributed by atoms with Crippen LogP contribution in [-0.4, -0.2) is 30.8 Å². The zero-order chi connectivity index (χ0) is 22.8. The zero-order valence-corrected chi connectivity index (χ0v) is 18.1. The number of rotatable bonds is 4. The van der Waals surface area contributed by atoms with Crippen LogP contribution in [-0.2, 0) is 0 Å². The molecule has 2 amide bonds. The van der Waals surface area contributed by atoms with E-state index in [0.717, 1.165) is 22.5 Å². The van der Waals surface area contributed by atoms with Gasteiger partial charge in [0, 0.05) is 23.1 Å². The largest absolute Gasteiger partial charge is 0.323 e. The van der Waals surface area contributed by atoms with Crippen molar-refractivity contribution in [3.8, 4) is 22.8 Å². The number of amides is 2. The van der Waals surface area contributed by atoms with E-state index in [-0.39, 0.29) is 6.03 Å². The predicted octanol–water partition coefficient (Wildman–Crippen LogP) is 5.11. The molecule has 0 aliphatic heterocycles. The Labute approximate surface area is 190 Å². The number of benzene rings is 2. The lowest BCUT2D eigenvalue weighted by Gasteiger charge is -2.10. The molecule has 0 aliphatic rings. The lowest BCUT2D eigenvalue weighted by Crippen LogP contribution is -2.19. The van der Waals surface area contributed by atoms with Gasteiger partial charge in [-0.25, -0.2) is 4.79 Å². The number of carbonyl (C=O) groups excluding carboxylic acids is 1. The molecule has 0 radical (unpaired) electrons. The summed E-state index contributed by atoms with van der Waals surface area (Å²) < 4.78 is 1.67. The van der Waals surface area contributed by atoms with E-state index in [1.165, 1.54) is 5.56 Å². The van der Waals surface area contributed by atoms with Gasteiger partial charge in [-0.1, -0.05) is 24.3 Å². The molecule has 33 heavy (non-hydrogen) atoms. The van der Waals surface area contributed by atoms with Crippen molar-refractivity contribution >= 4 is 23.1 Å². The topological polar surface area (TPSA) is 97.1 Å². The van der Waals surface area contributed by atoms with Gasteiger partial charge in [-0.3, -0.25) is 4.98 Å². The standard InChI is InChI=1S/C25H21N7O/c1-16-9-10-20(14-17(16)2)28-25(33)27-19-7-5-6-18(15-19)21-11-12-23-29-30-24(32(23)31-21)22-8-3-4-13-26-22/h3-15H,1-2H3,(H2,27,28,33). The summed E-state index contributed by atoms with van der Waals surface area (Å²) in [5.41, 5.74) is 6.58. The molecule has 3 heterocycles. The molecule has 3 aromatic heterocycles. The van der Waals surface area contributed by atoms with Crippen LogP contribution < -0.4 is 10.6 Å². The van der Waals surface area contributed by atoms with Crippen molar-refractivity contribution in [2.45, 2.75) is 13.8 Å². The van der Waals surface area contributed by atoms with Crippen LogP contribution in [0.2, 0.25) is 0 Å². The maximum Gasteiger partial charge on any atom is 0.323 e. The number of aryl methyl sites for hydroxylation is 2.